The number of carbonyl (C=O) groups excluding carboxylic acids is 2. The van der Waals surface area contributed by atoms with Gasteiger partial charge in [-0.2, -0.15) is 5.10 Å². The quantitative estimate of drug-likeness (QED) is 0.860. The van der Waals surface area contributed by atoms with Crippen molar-refractivity contribution in [2.24, 2.45) is 10.8 Å². The lowest BCUT2D eigenvalue weighted by Gasteiger charge is -2.20. The molecular weight excluding hydrogens is 296 g/mol. The highest BCUT2D eigenvalue weighted by atomic mass is 16.3. The summed E-state index contributed by atoms with van der Waals surface area (Å²) < 4.78 is 5.16. The molecule has 7 heteroatoms. The normalized spacial score (nSPS) is 17.0. The standard InChI is InChI=1S/C16H16N4O3/c17-15(21)14-9-13(16(22)18-10-12-7-4-8-23-12)19-20(14)11-5-2-1-3-6-11/h1-8,14H,9-10H2,(H2,17,21)(H,18,22). The molecule has 1 aromatic heterocycles. The van der Waals surface area contributed by atoms with Gasteiger partial charge in [0.05, 0.1) is 18.5 Å². The van der Waals surface area contributed by atoms with Crippen LogP contribution in [0.5, 0.6) is 0 Å². The molecule has 0 saturated carbocycles. The van der Waals surface area contributed by atoms with Crippen molar-refractivity contribution in [2.75, 3.05) is 5.01 Å². The molecule has 118 valence electrons. The van der Waals surface area contributed by atoms with Gasteiger partial charge in [0.25, 0.3) is 5.91 Å². The number of nitrogens with zero attached hydrogens (tertiary/aromatic N) is 2. The third-order valence-electron chi connectivity index (χ3n) is 3.52. The number of hydrogen-bond acceptors (Lipinski definition) is 5. The number of para-hydroxylation sites is 1. The van der Waals surface area contributed by atoms with E-state index in [9.17, 15) is 9.59 Å². The lowest BCUT2D eigenvalue weighted by molar-refractivity contribution is -0.119. The number of nitrogens with two attached hydrogens (primary N) is 1. The summed E-state index contributed by atoms with van der Waals surface area (Å²) in [6.45, 7) is 0.261. The highest BCUT2D eigenvalue weighted by Gasteiger charge is 2.34. The van der Waals surface area contributed by atoms with Crippen molar-refractivity contribution in [1.29, 1.82) is 0 Å². The van der Waals surface area contributed by atoms with Crippen LogP contribution in [0.1, 0.15) is 12.2 Å². The zero-order chi connectivity index (χ0) is 16.2. The Bertz CT molecular complexity index is 725. The summed E-state index contributed by atoms with van der Waals surface area (Å²) >= 11 is 0. The summed E-state index contributed by atoms with van der Waals surface area (Å²) in [6.07, 6.45) is 1.71. The second kappa shape index (κ2) is 6.35. The van der Waals surface area contributed by atoms with Crippen LogP contribution in [0.15, 0.2) is 58.2 Å². The van der Waals surface area contributed by atoms with Gasteiger partial charge in [0, 0.05) is 6.42 Å². The number of benzene rings is 1. The number of hydrazone groups is 1. The summed E-state index contributed by atoms with van der Waals surface area (Å²) in [5, 5.41) is 8.47. The number of rotatable bonds is 5. The first-order chi connectivity index (χ1) is 11.1. The van der Waals surface area contributed by atoms with Gasteiger partial charge >= 0.3 is 0 Å². The third-order valence-corrected chi connectivity index (χ3v) is 3.52. The average molecular weight is 312 g/mol. The van der Waals surface area contributed by atoms with Crippen LogP contribution in [0.2, 0.25) is 0 Å². The van der Waals surface area contributed by atoms with Gasteiger partial charge in [0.15, 0.2) is 0 Å². The van der Waals surface area contributed by atoms with Gasteiger partial charge in [-0.15, -0.1) is 0 Å². The molecule has 7 nitrogen and oxygen atoms in total. The monoisotopic (exact) mass is 312 g/mol. The number of amides is 2. The SMILES string of the molecule is NC(=O)C1CC(C(=O)NCc2ccco2)=NN1c1ccccc1. The average Bonchev–Trinajstić information content (AvgIpc) is 3.23. The molecule has 0 saturated heterocycles. The van der Waals surface area contributed by atoms with E-state index in [1.165, 1.54) is 11.3 Å². The molecule has 0 bridgehead atoms. The third kappa shape index (κ3) is 3.23. The lowest BCUT2D eigenvalue weighted by atomic mass is 10.1. The summed E-state index contributed by atoms with van der Waals surface area (Å²) in [7, 11) is 0. The Labute approximate surface area is 132 Å². The molecule has 1 aliphatic heterocycles. The molecule has 3 N–H and O–H groups in total. The summed E-state index contributed by atoms with van der Waals surface area (Å²) in [4.78, 5) is 23.9. The van der Waals surface area contributed by atoms with Crippen LogP contribution in [0.4, 0.5) is 5.69 Å². The zero-order valence-electron chi connectivity index (χ0n) is 12.3. The van der Waals surface area contributed by atoms with Crippen LogP contribution < -0.4 is 16.1 Å². The molecule has 0 spiro atoms. The second-order valence-electron chi connectivity index (χ2n) is 5.11. The van der Waals surface area contributed by atoms with E-state index in [0.717, 1.165) is 0 Å². The van der Waals surface area contributed by atoms with Crippen molar-refractivity contribution >= 4 is 23.2 Å². The van der Waals surface area contributed by atoms with Crippen molar-refractivity contribution in [3.63, 3.8) is 0 Å². The second-order valence-corrected chi connectivity index (χ2v) is 5.11. The van der Waals surface area contributed by atoms with E-state index in [1.807, 2.05) is 30.3 Å². The van der Waals surface area contributed by atoms with Crippen LogP contribution in [0, 0.1) is 0 Å². The van der Waals surface area contributed by atoms with Crippen LogP contribution in [0.25, 0.3) is 0 Å². The predicted octanol–water partition coefficient (Wildman–Crippen LogP) is 1.02. The van der Waals surface area contributed by atoms with Gasteiger partial charge in [-0.1, -0.05) is 18.2 Å². The molecule has 1 atom stereocenters. The van der Waals surface area contributed by atoms with E-state index in [4.69, 9.17) is 10.2 Å². The molecule has 2 heterocycles. The smallest absolute Gasteiger partial charge is 0.267 e. The number of anilines is 1. The Hall–Kier alpha value is -3.09. The largest absolute Gasteiger partial charge is 0.467 e. The number of furan rings is 1. The highest BCUT2D eigenvalue weighted by molar-refractivity contribution is 6.40. The number of carbonyl (C=O) groups is 2. The minimum absolute atomic E-state index is 0.175. The Kier molecular flexibility index (Phi) is 4.09. The summed E-state index contributed by atoms with van der Waals surface area (Å²) in [5.74, 6) is -0.221. The van der Waals surface area contributed by atoms with Crippen LogP contribution in [0.3, 0.4) is 0 Å². The Morgan fingerprint density at radius 1 is 1.26 bits per heavy atom. The molecule has 0 fully saturated rings. The first kappa shape index (κ1) is 14.8. The van der Waals surface area contributed by atoms with E-state index in [1.54, 1.807) is 12.1 Å². The van der Waals surface area contributed by atoms with E-state index in [2.05, 4.69) is 10.4 Å². The Morgan fingerprint density at radius 2 is 2.04 bits per heavy atom. The molecule has 1 aliphatic rings. The van der Waals surface area contributed by atoms with Crippen molar-refractivity contribution in [3.05, 3.63) is 54.5 Å². The number of nitrogens with one attached hydrogen (secondary N) is 1. The van der Waals surface area contributed by atoms with Crippen LogP contribution in [-0.4, -0.2) is 23.6 Å². The summed E-state index contributed by atoms with van der Waals surface area (Å²) in [6, 6.07) is 12.0. The maximum Gasteiger partial charge on any atom is 0.267 e. The van der Waals surface area contributed by atoms with Gasteiger partial charge in [0.1, 0.15) is 17.5 Å². The summed E-state index contributed by atoms with van der Waals surface area (Å²) in [5.41, 5.74) is 6.42. The van der Waals surface area contributed by atoms with Gasteiger partial charge in [-0.25, -0.2) is 0 Å². The van der Waals surface area contributed by atoms with E-state index >= 15 is 0 Å². The minimum atomic E-state index is -0.665. The van der Waals surface area contributed by atoms with E-state index in [0.29, 0.717) is 11.4 Å². The van der Waals surface area contributed by atoms with Crippen molar-refractivity contribution in [2.45, 2.75) is 19.0 Å². The van der Waals surface area contributed by atoms with Crippen LogP contribution in [-0.2, 0) is 16.1 Å². The van der Waals surface area contributed by atoms with Crippen molar-refractivity contribution < 1.29 is 14.0 Å². The molecule has 0 aliphatic carbocycles. The van der Waals surface area contributed by atoms with Crippen LogP contribution >= 0.6 is 0 Å². The fourth-order valence-electron chi connectivity index (χ4n) is 2.37. The van der Waals surface area contributed by atoms with E-state index in [-0.39, 0.29) is 24.6 Å². The van der Waals surface area contributed by atoms with Gasteiger partial charge in [-0.3, -0.25) is 14.6 Å². The van der Waals surface area contributed by atoms with Gasteiger partial charge < -0.3 is 15.5 Å². The highest BCUT2D eigenvalue weighted by Crippen LogP contribution is 2.24. The molecule has 3 rings (SSSR count). The Balaban J connectivity index is 1.74. The molecule has 0 radical (unpaired) electrons. The lowest BCUT2D eigenvalue weighted by Crippen LogP contribution is -2.39. The maximum absolute atomic E-state index is 12.2. The van der Waals surface area contributed by atoms with Gasteiger partial charge in [0.2, 0.25) is 5.91 Å². The first-order valence-electron chi connectivity index (χ1n) is 7.17. The molecule has 2 amide bonds. The fourth-order valence-corrected chi connectivity index (χ4v) is 2.37. The Morgan fingerprint density at radius 3 is 2.70 bits per heavy atom. The van der Waals surface area contributed by atoms with Crippen molar-refractivity contribution in [3.8, 4) is 0 Å². The van der Waals surface area contributed by atoms with E-state index < -0.39 is 11.9 Å². The number of primary amides is 1. The maximum atomic E-state index is 12.2. The number of hydrogen-bond donors (Lipinski definition) is 2. The molecule has 1 aromatic carbocycles. The molecule has 1 unspecified atom stereocenters. The molecular formula is C16H16N4O3. The topological polar surface area (TPSA) is 101 Å². The first-order valence-corrected chi connectivity index (χ1v) is 7.17. The predicted molar refractivity (Wildman–Crippen MR) is 84.5 cm³/mol. The molecule has 23 heavy (non-hydrogen) atoms. The van der Waals surface area contributed by atoms with Crippen molar-refractivity contribution in [1.82, 2.24) is 5.32 Å². The van der Waals surface area contributed by atoms with Gasteiger partial charge in [-0.05, 0) is 24.3 Å². The zero-order valence-corrected chi connectivity index (χ0v) is 12.3. The molecule has 2 aromatic rings. The minimum Gasteiger partial charge on any atom is -0.467 e. The fraction of sp³-hybridized carbons (Fsp3) is 0.188.